The topological polar surface area (TPSA) is 65.2 Å². The van der Waals surface area contributed by atoms with Crippen LogP contribution in [0.25, 0.3) is 0 Å². The number of nitrogens with one attached hydrogen (secondary N) is 2. The third-order valence-electron chi connectivity index (χ3n) is 3.77. The van der Waals surface area contributed by atoms with Gasteiger partial charge in [0.2, 0.25) is 0 Å². The molecule has 0 bridgehead atoms. The second-order valence-electron chi connectivity index (χ2n) is 5.40. The standard InChI is InChI=1S/C16H21N3O2S/c1-10-8-11(2)18-15(20)13(10)9-17-16(21)19(4)12(3)14-6-5-7-22-14/h5-8,12H,9H2,1-4H3,(H,17,21)(H,18,20). The van der Waals surface area contributed by atoms with Gasteiger partial charge in [0.15, 0.2) is 0 Å². The van der Waals surface area contributed by atoms with Gasteiger partial charge in [0, 0.05) is 23.2 Å². The molecule has 22 heavy (non-hydrogen) atoms. The average Bonchev–Trinajstić information content (AvgIpc) is 2.98. The van der Waals surface area contributed by atoms with Crippen LogP contribution in [0.5, 0.6) is 0 Å². The summed E-state index contributed by atoms with van der Waals surface area (Å²) in [6, 6.07) is 5.68. The van der Waals surface area contributed by atoms with Gasteiger partial charge in [-0.25, -0.2) is 4.79 Å². The molecule has 2 amide bonds. The van der Waals surface area contributed by atoms with E-state index in [2.05, 4.69) is 10.3 Å². The summed E-state index contributed by atoms with van der Waals surface area (Å²) >= 11 is 1.62. The molecule has 0 spiro atoms. The number of hydrogen-bond acceptors (Lipinski definition) is 3. The largest absolute Gasteiger partial charge is 0.334 e. The fourth-order valence-electron chi connectivity index (χ4n) is 2.29. The summed E-state index contributed by atoms with van der Waals surface area (Å²) < 4.78 is 0. The quantitative estimate of drug-likeness (QED) is 0.910. The molecule has 6 heteroatoms. The number of urea groups is 1. The fraction of sp³-hybridized carbons (Fsp3) is 0.375. The molecule has 1 atom stereocenters. The minimum atomic E-state index is -0.194. The van der Waals surface area contributed by atoms with Crippen LogP contribution in [0.3, 0.4) is 0 Å². The molecular formula is C16H21N3O2S. The van der Waals surface area contributed by atoms with Crippen molar-refractivity contribution < 1.29 is 4.79 Å². The highest BCUT2D eigenvalue weighted by atomic mass is 32.1. The van der Waals surface area contributed by atoms with Crippen molar-refractivity contribution in [2.75, 3.05) is 7.05 Å². The molecular weight excluding hydrogens is 298 g/mol. The third-order valence-corrected chi connectivity index (χ3v) is 4.81. The summed E-state index contributed by atoms with van der Waals surface area (Å²) in [5.74, 6) is 0. The van der Waals surface area contributed by atoms with Gasteiger partial charge >= 0.3 is 6.03 Å². The maximum absolute atomic E-state index is 12.2. The summed E-state index contributed by atoms with van der Waals surface area (Å²) in [6.45, 7) is 5.92. The number of amides is 2. The molecule has 2 heterocycles. The highest BCUT2D eigenvalue weighted by molar-refractivity contribution is 7.10. The van der Waals surface area contributed by atoms with E-state index in [-0.39, 0.29) is 24.2 Å². The minimum absolute atomic E-state index is 0.00241. The molecule has 5 nitrogen and oxygen atoms in total. The number of carbonyl (C=O) groups is 1. The zero-order valence-electron chi connectivity index (χ0n) is 13.3. The Morgan fingerprint density at radius 2 is 2.18 bits per heavy atom. The molecule has 1 unspecified atom stereocenters. The number of thiophene rings is 1. The monoisotopic (exact) mass is 319 g/mol. The lowest BCUT2D eigenvalue weighted by Crippen LogP contribution is -2.39. The van der Waals surface area contributed by atoms with Crippen molar-refractivity contribution in [3.63, 3.8) is 0 Å². The van der Waals surface area contributed by atoms with Crippen LogP contribution in [0.1, 0.15) is 34.7 Å². The zero-order chi connectivity index (χ0) is 16.3. The number of aromatic amines is 1. The molecule has 2 aromatic heterocycles. The smallest absolute Gasteiger partial charge is 0.317 e. The van der Waals surface area contributed by atoms with E-state index < -0.39 is 0 Å². The lowest BCUT2D eigenvalue weighted by Gasteiger charge is -2.24. The van der Waals surface area contributed by atoms with Crippen molar-refractivity contribution in [1.29, 1.82) is 0 Å². The Labute approximate surface area is 134 Å². The number of aromatic nitrogens is 1. The number of hydrogen-bond donors (Lipinski definition) is 2. The first-order valence-corrected chi connectivity index (χ1v) is 8.01. The SMILES string of the molecule is Cc1cc(C)c(CNC(=O)N(C)C(C)c2cccs2)c(=O)[nH]1. The molecule has 0 aliphatic carbocycles. The van der Waals surface area contributed by atoms with Crippen LogP contribution in [0.2, 0.25) is 0 Å². The van der Waals surface area contributed by atoms with Gasteiger partial charge in [-0.05, 0) is 43.8 Å². The van der Waals surface area contributed by atoms with Gasteiger partial charge in [-0.3, -0.25) is 4.79 Å². The van der Waals surface area contributed by atoms with Crippen LogP contribution in [0.4, 0.5) is 4.79 Å². The number of carbonyl (C=O) groups excluding carboxylic acids is 1. The normalized spacial score (nSPS) is 12.0. The molecule has 0 fully saturated rings. The van der Waals surface area contributed by atoms with Gasteiger partial charge in [-0.2, -0.15) is 0 Å². The van der Waals surface area contributed by atoms with Crippen molar-refractivity contribution in [1.82, 2.24) is 15.2 Å². The third kappa shape index (κ3) is 3.57. The van der Waals surface area contributed by atoms with E-state index in [1.165, 1.54) is 0 Å². The van der Waals surface area contributed by atoms with Gasteiger partial charge in [-0.15, -0.1) is 11.3 Å². The van der Waals surface area contributed by atoms with E-state index in [0.29, 0.717) is 5.56 Å². The van der Waals surface area contributed by atoms with E-state index in [0.717, 1.165) is 16.1 Å². The number of nitrogens with zero attached hydrogens (tertiary/aromatic N) is 1. The minimum Gasteiger partial charge on any atom is -0.334 e. The molecule has 2 N–H and O–H groups in total. The van der Waals surface area contributed by atoms with Crippen molar-refractivity contribution in [2.45, 2.75) is 33.4 Å². The molecule has 2 rings (SSSR count). The molecule has 0 aliphatic rings. The van der Waals surface area contributed by atoms with Gasteiger partial charge < -0.3 is 15.2 Å². The first-order valence-electron chi connectivity index (χ1n) is 7.13. The Morgan fingerprint density at radius 3 is 2.77 bits per heavy atom. The second-order valence-corrected chi connectivity index (χ2v) is 6.38. The number of H-pyrrole nitrogens is 1. The first-order chi connectivity index (χ1) is 10.4. The van der Waals surface area contributed by atoms with E-state index in [1.807, 2.05) is 44.4 Å². The number of pyridine rings is 1. The zero-order valence-corrected chi connectivity index (χ0v) is 14.1. The molecule has 2 aromatic rings. The van der Waals surface area contributed by atoms with E-state index in [9.17, 15) is 9.59 Å². The Hall–Kier alpha value is -2.08. The van der Waals surface area contributed by atoms with Crippen molar-refractivity contribution in [2.24, 2.45) is 0 Å². The second kappa shape index (κ2) is 6.79. The first kappa shape index (κ1) is 16.3. The van der Waals surface area contributed by atoms with Crippen LogP contribution in [-0.2, 0) is 6.54 Å². The summed E-state index contributed by atoms with van der Waals surface area (Å²) in [4.78, 5) is 29.7. The highest BCUT2D eigenvalue weighted by Gasteiger charge is 2.18. The van der Waals surface area contributed by atoms with Crippen LogP contribution < -0.4 is 10.9 Å². The van der Waals surface area contributed by atoms with E-state index in [4.69, 9.17) is 0 Å². The number of rotatable bonds is 4. The van der Waals surface area contributed by atoms with E-state index >= 15 is 0 Å². The highest BCUT2D eigenvalue weighted by Crippen LogP contribution is 2.23. The van der Waals surface area contributed by atoms with Gasteiger partial charge in [0.05, 0.1) is 12.6 Å². The molecule has 0 saturated heterocycles. The van der Waals surface area contributed by atoms with Crippen molar-refractivity contribution >= 4 is 17.4 Å². The Balaban J connectivity index is 2.03. The molecule has 0 aromatic carbocycles. The summed E-state index contributed by atoms with van der Waals surface area (Å²) in [5, 5.41) is 4.81. The van der Waals surface area contributed by atoms with Gasteiger partial charge in [0.25, 0.3) is 5.56 Å². The van der Waals surface area contributed by atoms with Crippen molar-refractivity contribution in [3.8, 4) is 0 Å². The maximum Gasteiger partial charge on any atom is 0.317 e. The summed E-state index contributed by atoms with van der Waals surface area (Å²) in [5.41, 5.74) is 2.15. The lowest BCUT2D eigenvalue weighted by molar-refractivity contribution is 0.194. The summed E-state index contributed by atoms with van der Waals surface area (Å²) in [7, 11) is 1.76. The predicted molar refractivity (Wildman–Crippen MR) is 89.3 cm³/mol. The summed E-state index contributed by atoms with van der Waals surface area (Å²) in [6.07, 6.45) is 0. The van der Waals surface area contributed by atoms with Crippen LogP contribution in [0.15, 0.2) is 28.4 Å². The molecule has 0 radical (unpaired) electrons. The van der Waals surface area contributed by atoms with E-state index in [1.54, 1.807) is 23.3 Å². The van der Waals surface area contributed by atoms with Crippen LogP contribution in [0, 0.1) is 13.8 Å². The Kier molecular flexibility index (Phi) is 5.03. The van der Waals surface area contributed by atoms with Gasteiger partial charge in [-0.1, -0.05) is 6.07 Å². The number of aryl methyl sites for hydroxylation is 2. The molecule has 0 aliphatic heterocycles. The van der Waals surface area contributed by atoms with Crippen LogP contribution >= 0.6 is 11.3 Å². The predicted octanol–water partition coefficient (Wildman–Crippen LogP) is 2.96. The van der Waals surface area contributed by atoms with Crippen LogP contribution in [-0.4, -0.2) is 23.0 Å². The van der Waals surface area contributed by atoms with Crippen molar-refractivity contribution in [3.05, 3.63) is 55.6 Å². The molecule has 118 valence electrons. The fourth-order valence-corrected chi connectivity index (χ4v) is 3.11. The average molecular weight is 319 g/mol. The van der Waals surface area contributed by atoms with Gasteiger partial charge in [0.1, 0.15) is 0 Å². The molecule has 0 saturated carbocycles. The Morgan fingerprint density at radius 1 is 1.45 bits per heavy atom. The lowest BCUT2D eigenvalue weighted by atomic mass is 10.1. The maximum atomic E-state index is 12.2. The Bertz CT molecular complexity index is 707.